The Bertz CT molecular complexity index is 875. The summed E-state index contributed by atoms with van der Waals surface area (Å²) in [6.45, 7) is 4.12. The molecule has 0 radical (unpaired) electrons. The Hall–Kier alpha value is -2.82. The second-order valence-electron chi connectivity index (χ2n) is 8.72. The number of amides is 2. The number of carbonyl (C=O) groups is 2. The van der Waals surface area contributed by atoms with Gasteiger partial charge in [0, 0.05) is 25.9 Å². The predicted octanol–water partition coefficient (Wildman–Crippen LogP) is 3.99. The van der Waals surface area contributed by atoms with E-state index in [0.717, 1.165) is 44.5 Å². The fourth-order valence-electron chi connectivity index (χ4n) is 4.58. The maximum Gasteiger partial charge on any atom is 0.245 e. The van der Waals surface area contributed by atoms with Crippen LogP contribution in [-0.4, -0.2) is 53.4 Å². The van der Waals surface area contributed by atoms with E-state index in [9.17, 15) is 9.59 Å². The van der Waals surface area contributed by atoms with Gasteiger partial charge in [0.1, 0.15) is 17.9 Å². The van der Waals surface area contributed by atoms with Crippen LogP contribution in [0.1, 0.15) is 43.2 Å². The first-order valence-corrected chi connectivity index (χ1v) is 11.5. The average Bonchev–Trinajstić information content (AvgIpc) is 3.46. The number of aryl methyl sites for hydroxylation is 2. The summed E-state index contributed by atoms with van der Waals surface area (Å²) in [4.78, 5) is 30.0. The minimum absolute atomic E-state index is 0.0588. The molecule has 2 saturated heterocycles. The van der Waals surface area contributed by atoms with Gasteiger partial charge in [-0.2, -0.15) is 0 Å². The summed E-state index contributed by atoms with van der Waals surface area (Å²) in [6.07, 6.45) is 4.61. The van der Waals surface area contributed by atoms with E-state index in [4.69, 9.17) is 4.74 Å². The van der Waals surface area contributed by atoms with Gasteiger partial charge in [-0.1, -0.05) is 48.0 Å². The molecule has 2 aromatic carbocycles. The Morgan fingerprint density at radius 2 is 1.71 bits per heavy atom. The zero-order valence-corrected chi connectivity index (χ0v) is 18.3. The van der Waals surface area contributed by atoms with Crippen LogP contribution in [0.2, 0.25) is 0 Å². The molecule has 0 bridgehead atoms. The number of likely N-dealkylation sites (tertiary alicyclic amines) is 2. The largest absolute Gasteiger partial charge is 0.488 e. The number of hydrogen-bond acceptors (Lipinski definition) is 3. The van der Waals surface area contributed by atoms with Gasteiger partial charge >= 0.3 is 0 Å². The summed E-state index contributed by atoms with van der Waals surface area (Å²) in [5.74, 6) is 0.939. The molecule has 2 heterocycles. The average molecular weight is 421 g/mol. The van der Waals surface area contributed by atoms with Gasteiger partial charge in [0.2, 0.25) is 11.8 Å². The van der Waals surface area contributed by atoms with Crippen LogP contribution < -0.4 is 4.74 Å². The monoisotopic (exact) mass is 420 g/mol. The van der Waals surface area contributed by atoms with E-state index in [1.54, 1.807) is 4.90 Å². The van der Waals surface area contributed by atoms with E-state index >= 15 is 0 Å². The molecule has 2 aliphatic heterocycles. The zero-order chi connectivity index (χ0) is 21.6. The van der Waals surface area contributed by atoms with Crippen molar-refractivity contribution in [2.45, 2.75) is 57.6 Å². The Labute approximate surface area is 185 Å². The lowest BCUT2D eigenvalue weighted by Crippen LogP contribution is -2.46. The fraction of sp³-hybridized carbons (Fsp3) is 0.462. The fourth-order valence-corrected chi connectivity index (χ4v) is 4.58. The van der Waals surface area contributed by atoms with Crippen molar-refractivity contribution >= 4 is 11.8 Å². The van der Waals surface area contributed by atoms with Gasteiger partial charge < -0.3 is 14.5 Å². The van der Waals surface area contributed by atoms with Gasteiger partial charge in [0.05, 0.1) is 6.54 Å². The molecule has 0 aliphatic carbocycles. The zero-order valence-electron chi connectivity index (χ0n) is 18.3. The molecule has 4 rings (SSSR count). The molecule has 0 spiro atoms. The second kappa shape index (κ2) is 9.99. The summed E-state index contributed by atoms with van der Waals surface area (Å²) < 4.78 is 6.16. The van der Waals surface area contributed by atoms with E-state index in [2.05, 4.69) is 12.1 Å². The summed E-state index contributed by atoms with van der Waals surface area (Å²) in [6, 6.07) is 17.8. The van der Waals surface area contributed by atoms with Crippen molar-refractivity contribution in [1.82, 2.24) is 9.80 Å². The first kappa shape index (κ1) is 21.4. The van der Waals surface area contributed by atoms with Crippen LogP contribution in [-0.2, 0) is 16.0 Å². The quantitative estimate of drug-likeness (QED) is 0.681. The van der Waals surface area contributed by atoms with Gasteiger partial charge in [-0.05, 0) is 50.3 Å². The Morgan fingerprint density at radius 3 is 2.42 bits per heavy atom. The highest BCUT2D eigenvalue weighted by atomic mass is 16.5. The summed E-state index contributed by atoms with van der Waals surface area (Å²) >= 11 is 0. The molecule has 2 aromatic rings. The Kier molecular flexibility index (Phi) is 6.90. The van der Waals surface area contributed by atoms with E-state index in [0.29, 0.717) is 19.4 Å². The number of benzene rings is 2. The van der Waals surface area contributed by atoms with Crippen LogP contribution in [0.15, 0.2) is 54.6 Å². The predicted molar refractivity (Wildman–Crippen MR) is 121 cm³/mol. The minimum Gasteiger partial charge on any atom is -0.488 e. The van der Waals surface area contributed by atoms with Crippen molar-refractivity contribution < 1.29 is 14.3 Å². The molecule has 31 heavy (non-hydrogen) atoms. The van der Waals surface area contributed by atoms with Crippen molar-refractivity contribution in [3.8, 4) is 5.75 Å². The lowest BCUT2D eigenvalue weighted by atomic mass is 10.1. The molecule has 0 saturated carbocycles. The van der Waals surface area contributed by atoms with Crippen molar-refractivity contribution in [3.05, 3.63) is 65.7 Å². The topological polar surface area (TPSA) is 49.9 Å². The van der Waals surface area contributed by atoms with Crippen LogP contribution in [0.4, 0.5) is 0 Å². The van der Waals surface area contributed by atoms with Crippen LogP contribution in [0.5, 0.6) is 5.75 Å². The van der Waals surface area contributed by atoms with E-state index < -0.39 is 6.04 Å². The van der Waals surface area contributed by atoms with Gasteiger partial charge in [-0.25, -0.2) is 0 Å². The SMILES string of the molecule is Cc1ccc(OC2C[C@H](C(=O)N3CCCC3)N(C(=O)CCCc3ccccc3)C2)cc1. The third kappa shape index (κ3) is 5.46. The highest BCUT2D eigenvalue weighted by Gasteiger charge is 2.42. The van der Waals surface area contributed by atoms with E-state index in [1.807, 2.05) is 54.3 Å². The summed E-state index contributed by atoms with van der Waals surface area (Å²) in [5.41, 5.74) is 2.41. The number of nitrogens with zero attached hydrogens (tertiary/aromatic N) is 2. The molecule has 1 unspecified atom stereocenters. The second-order valence-corrected chi connectivity index (χ2v) is 8.72. The standard InChI is InChI=1S/C26H32N2O3/c1-20-12-14-22(15-13-20)31-23-18-24(26(30)27-16-5-6-17-27)28(19-23)25(29)11-7-10-21-8-3-2-4-9-21/h2-4,8-9,12-15,23-24H,5-7,10-11,16-19H2,1H3/t23?,24-/m1/s1. The molecular weight excluding hydrogens is 388 g/mol. The van der Waals surface area contributed by atoms with E-state index in [-0.39, 0.29) is 17.9 Å². The normalized spacial score (nSPS) is 20.8. The maximum atomic E-state index is 13.2. The van der Waals surface area contributed by atoms with Crippen molar-refractivity contribution in [1.29, 1.82) is 0 Å². The van der Waals surface area contributed by atoms with Crippen LogP contribution >= 0.6 is 0 Å². The third-order valence-electron chi connectivity index (χ3n) is 6.31. The van der Waals surface area contributed by atoms with Crippen molar-refractivity contribution in [2.75, 3.05) is 19.6 Å². The highest BCUT2D eigenvalue weighted by Crippen LogP contribution is 2.27. The number of ether oxygens (including phenoxy) is 1. The molecule has 2 aliphatic rings. The molecule has 0 aromatic heterocycles. The first-order valence-electron chi connectivity index (χ1n) is 11.5. The van der Waals surface area contributed by atoms with Gasteiger partial charge in [0.15, 0.2) is 0 Å². The molecule has 5 heteroatoms. The van der Waals surface area contributed by atoms with Crippen molar-refractivity contribution in [2.24, 2.45) is 0 Å². The highest BCUT2D eigenvalue weighted by molar-refractivity contribution is 5.88. The van der Waals surface area contributed by atoms with Gasteiger partial charge in [0.25, 0.3) is 0 Å². The van der Waals surface area contributed by atoms with Crippen LogP contribution in [0.3, 0.4) is 0 Å². The Balaban J connectivity index is 1.40. The van der Waals surface area contributed by atoms with Crippen LogP contribution in [0.25, 0.3) is 0 Å². The third-order valence-corrected chi connectivity index (χ3v) is 6.31. The smallest absolute Gasteiger partial charge is 0.245 e. The molecular formula is C26H32N2O3. The number of hydrogen-bond donors (Lipinski definition) is 0. The molecule has 0 N–H and O–H groups in total. The lowest BCUT2D eigenvalue weighted by molar-refractivity contribution is -0.143. The summed E-state index contributed by atoms with van der Waals surface area (Å²) in [7, 11) is 0. The first-order chi connectivity index (χ1) is 15.1. The lowest BCUT2D eigenvalue weighted by Gasteiger charge is -2.27. The Morgan fingerprint density at radius 1 is 1.00 bits per heavy atom. The number of carbonyl (C=O) groups excluding carboxylic acids is 2. The molecule has 2 amide bonds. The molecule has 2 atom stereocenters. The maximum absolute atomic E-state index is 13.2. The van der Waals surface area contributed by atoms with Crippen LogP contribution in [0, 0.1) is 6.92 Å². The number of rotatable bonds is 7. The summed E-state index contributed by atoms with van der Waals surface area (Å²) in [5, 5.41) is 0. The molecule has 2 fully saturated rings. The van der Waals surface area contributed by atoms with Gasteiger partial charge in [-0.15, -0.1) is 0 Å². The molecule has 5 nitrogen and oxygen atoms in total. The minimum atomic E-state index is -0.405. The van der Waals surface area contributed by atoms with Crippen molar-refractivity contribution in [3.63, 3.8) is 0 Å². The van der Waals surface area contributed by atoms with E-state index in [1.165, 1.54) is 11.1 Å². The van der Waals surface area contributed by atoms with Gasteiger partial charge in [-0.3, -0.25) is 9.59 Å². The molecule has 164 valence electrons.